The Morgan fingerprint density at radius 3 is 2.67 bits per heavy atom. The van der Waals surface area contributed by atoms with Crippen molar-refractivity contribution >= 4 is 0 Å². The molecule has 0 unspecified atom stereocenters. The minimum atomic E-state index is 0.334. The molecule has 1 heterocycles. The molecule has 0 aliphatic carbocycles. The van der Waals surface area contributed by atoms with Gasteiger partial charge in [0.1, 0.15) is 12.1 Å². The van der Waals surface area contributed by atoms with Crippen LogP contribution in [0.1, 0.15) is 0 Å². The van der Waals surface area contributed by atoms with Gasteiger partial charge in [0.15, 0.2) is 0 Å². The minimum absolute atomic E-state index is 0.334. The predicted molar refractivity (Wildman–Crippen MR) is 42.9 cm³/mol. The normalized spacial score (nSPS) is 9.67. The lowest BCUT2D eigenvalue weighted by atomic mass is 10.3. The maximum absolute atomic E-state index is 5.26. The standard InChI is InChI=1S/C8H7N3O/c1-2-4-7(5-3-1)12-8-9-6-10-11-8/h1-6H,(H,9,10,11). The molecule has 0 aliphatic rings. The van der Waals surface area contributed by atoms with Crippen LogP contribution < -0.4 is 4.74 Å². The highest BCUT2D eigenvalue weighted by atomic mass is 16.5. The predicted octanol–water partition coefficient (Wildman–Crippen LogP) is 1.60. The third-order valence-corrected chi connectivity index (χ3v) is 1.35. The highest BCUT2D eigenvalue weighted by Crippen LogP contribution is 2.14. The number of ether oxygens (including phenoxy) is 1. The van der Waals surface area contributed by atoms with E-state index < -0.39 is 0 Å². The molecule has 0 fully saturated rings. The maximum atomic E-state index is 5.26. The Bertz CT molecular complexity index is 330. The van der Waals surface area contributed by atoms with E-state index in [0.717, 1.165) is 5.75 Å². The lowest BCUT2D eigenvalue weighted by Gasteiger charge is -1.97. The second-order valence-corrected chi connectivity index (χ2v) is 2.20. The fourth-order valence-corrected chi connectivity index (χ4v) is 0.840. The number of aromatic nitrogens is 3. The van der Waals surface area contributed by atoms with Gasteiger partial charge < -0.3 is 4.74 Å². The summed E-state index contributed by atoms with van der Waals surface area (Å²) in [5.74, 6) is 0.733. The van der Waals surface area contributed by atoms with Crippen molar-refractivity contribution in [2.75, 3.05) is 0 Å². The summed E-state index contributed by atoms with van der Waals surface area (Å²) in [5.41, 5.74) is 0. The Hall–Kier alpha value is -1.84. The number of benzene rings is 1. The van der Waals surface area contributed by atoms with Gasteiger partial charge in [0.05, 0.1) is 0 Å². The van der Waals surface area contributed by atoms with Gasteiger partial charge in [-0.05, 0) is 12.1 Å². The summed E-state index contributed by atoms with van der Waals surface area (Å²) in [6, 6.07) is 9.72. The highest BCUT2D eigenvalue weighted by Gasteiger charge is 1.97. The van der Waals surface area contributed by atoms with Crippen LogP contribution in [0, 0.1) is 0 Å². The van der Waals surface area contributed by atoms with Gasteiger partial charge in [-0.2, -0.15) is 4.98 Å². The zero-order valence-electron chi connectivity index (χ0n) is 6.27. The lowest BCUT2D eigenvalue weighted by molar-refractivity contribution is 0.444. The molecule has 2 rings (SSSR count). The largest absolute Gasteiger partial charge is 0.423 e. The number of aromatic amines is 1. The van der Waals surface area contributed by atoms with Crippen LogP contribution in [0.4, 0.5) is 0 Å². The van der Waals surface area contributed by atoms with E-state index in [4.69, 9.17) is 4.74 Å². The molecule has 0 amide bonds. The molecule has 12 heavy (non-hydrogen) atoms. The van der Waals surface area contributed by atoms with Crippen molar-refractivity contribution in [2.24, 2.45) is 0 Å². The third-order valence-electron chi connectivity index (χ3n) is 1.35. The summed E-state index contributed by atoms with van der Waals surface area (Å²) in [5, 5.41) is 6.32. The molecular weight excluding hydrogens is 154 g/mol. The minimum Gasteiger partial charge on any atom is -0.423 e. The van der Waals surface area contributed by atoms with Crippen LogP contribution in [0.15, 0.2) is 36.7 Å². The van der Waals surface area contributed by atoms with E-state index in [1.165, 1.54) is 6.33 Å². The van der Waals surface area contributed by atoms with Crippen LogP contribution in [0.3, 0.4) is 0 Å². The Morgan fingerprint density at radius 1 is 1.17 bits per heavy atom. The molecule has 4 heteroatoms. The van der Waals surface area contributed by atoms with Gasteiger partial charge in [-0.3, -0.25) is 5.10 Å². The van der Waals surface area contributed by atoms with Gasteiger partial charge in [0, 0.05) is 0 Å². The maximum Gasteiger partial charge on any atom is 0.340 e. The summed E-state index contributed by atoms with van der Waals surface area (Å²) in [4.78, 5) is 3.82. The van der Waals surface area contributed by atoms with E-state index in [1.807, 2.05) is 30.3 Å². The summed E-state index contributed by atoms with van der Waals surface area (Å²) in [6.07, 6.45) is 1.47. The zero-order valence-corrected chi connectivity index (χ0v) is 6.27. The fraction of sp³-hybridized carbons (Fsp3) is 0. The second kappa shape index (κ2) is 3.04. The molecule has 0 aliphatic heterocycles. The van der Waals surface area contributed by atoms with Gasteiger partial charge in [-0.15, -0.1) is 5.10 Å². The van der Waals surface area contributed by atoms with Crippen molar-refractivity contribution in [3.8, 4) is 11.8 Å². The van der Waals surface area contributed by atoms with Gasteiger partial charge >= 0.3 is 6.01 Å². The molecule has 0 spiro atoms. The number of hydrogen-bond acceptors (Lipinski definition) is 3. The van der Waals surface area contributed by atoms with Gasteiger partial charge in [-0.1, -0.05) is 18.2 Å². The topological polar surface area (TPSA) is 50.8 Å². The Kier molecular flexibility index (Phi) is 1.74. The zero-order chi connectivity index (χ0) is 8.23. The Morgan fingerprint density at radius 2 is 2.00 bits per heavy atom. The van der Waals surface area contributed by atoms with Gasteiger partial charge in [0.2, 0.25) is 0 Å². The average molecular weight is 161 g/mol. The van der Waals surface area contributed by atoms with Crippen molar-refractivity contribution < 1.29 is 4.74 Å². The average Bonchev–Trinajstić information content (AvgIpc) is 2.59. The van der Waals surface area contributed by atoms with E-state index in [2.05, 4.69) is 15.2 Å². The first-order valence-corrected chi connectivity index (χ1v) is 3.54. The van der Waals surface area contributed by atoms with Crippen LogP contribution in [-0.2, 0) is 0 Å². The number of H-pyrrole nitrogens is 1. The number of hydrogen-bond donors (Lipinski definition) is 1. The highest BCUT2D eigenvalue weighted by molar-refractivity contribution is 5.23. The lowest BCUT2D eigenvalue weighted by Crippen LogP contribution is -1.84. The molecule has 0 atom stereocenters. The van der Waals surface area contributed by atoms with Crippen molar-refractivity contribution in [1.82, 2.24) is 15.2 Å². The first-order valence-electron chi connectivity index (χ1n) is 3.54. The number of para-hydroxylation sites is 1. The monoisotopic (exact) mass is 161 g/mol. The van der Waals surface area contributed by atoms with Crippen LogP contribution in [0.25, 0.3) is 0 Å². The van der Waals surface area contributed by atoms with Crippen molar-refractivity contribution in [1.29, 1.82) is 0 Å². The first-order chi connectivity index (χ1) is 5.95. The third kappa shape index (κ3) is 1.42. The van der Waals surface area contributed by atoms with E-state index in [0.29, 0.717) is 6.01 Å². The number of rotatable bonds is 2. The first kappa shape index (κ1) is 6.84. The SMILES string of the molecule is c1ccc(Oc2nc[nH]n2)cc1. The molecule has 4 nitrogen and oxygen atoms in total. The molecule has 60 valence electrons. The molecule has 1 N–H and O–H groups in total. The smallest absolute Gasteiger partial charge is 0.340 e. The van der Waals surface area contributed by atoms with Crippen LogP contribution in [-0.4, -0.2) is 15.2 Å². The molecule has 0 saturated carbocycles. The molecule has 2 aromatic rings. The summed E-state index contributed by atoms with van der Waals surface area (Å²) >= 11 is 0. The van der Waals surface area contributed by atoms with Crippen LogP contribution in [0.2, 0.25) is 0 Å². The van der Waals surface area contributed by atoms with E-state index in [-0.39, 0.29) is 0 Å². The second-order valence-electron chi connectivity index (χ2n) is 2.20. The fourth-order valence-electron chi connectivity index (χ4n) is 0.840. The summed E-state index contributed by atoms with van der Waals surface area (Å²) in [7, 11) is 0. The molecule has 0 bridgehead atoms. The van der Waals surface area contributed by atoms with E-state index in [1.54, 1.807) is 0 Å². The van der Waals surface area contributed by atoms with Crippen molar-refractivity contribution in [3.63, 3.8) is 0 Å². The molecule has 0 saturated heterocycles. The van der Waals surface area contributed by atoms with E-state index >= 15 is 0 Å². The van der Waals surface area contributed by atoms with Crippen LogP contribution in [0.5, 0.6) is 11.8 Å². The molecular formula is C8H7N3O. The van der Waals surface area contributed by atoms with Crippen molar-refractivity contribution in [3.05, 3.63) is 36.7 Å². The Balaban J connectivity index is 2.15. The van der Waals surface area contributed by atoms with Gasteiger partial charge in [0.25, 0.3) is 0 Å². The number of nitrogens with zero attached hydrogens (tertiary/aromatic N) is 2. The Labute approximate surface area is 69.2 Å². The number of nitrogens with one attached hydrogen (secondary N) is 1. The summed E-state index contributed by atoms with van der Waals surface area (Å²) < 4.78 is 5.26. The quantitative estimate of drug-likeness (QED) is 0.727. The van der Waals surface area contributed by atoms with E-state index in [9.17, 15) is 0 Å². The molecule has 1 aromatic heterocycles. The molecule has 0 radical (unpaired) electrons. The van der Waals surface area contributed by atoms with Gasteiger partial charge in [-0.25, -0.2) is 0 Å². The van der Waals surface area contributed by atoms with Crippen LogP contribution >= 0.6 is 0 Å². The van der Waals surface area contributed by atoms with Crippen molar-refractivity contribution in [2.45, 2.75) is 0 Å². The summed E-state index contributed by atoms with van der Waals surface area (Å²) in [6.45, 7) is 0. The molecule has 1 aromatic carbocycles.